The molecular weight excluding hydrogens is 295 g/mol. The molecule has 0 radical (unpaired) electrons. The summed E-state index contributed by atoms with van der Waals surface area (Å²) in [4.78, 5) is 0.150. The second-order valence-electron chi connectivity index (χ2n) is 4.24. The van der Waals surface area contributed by atoms with Crippen LogP contribution in [0.25, 0.3) is 0 Å². The fourth-order valence-corrected chi connectivity index (χ4v) is 3.73. The van der Waals surface area contributed by atoms with Gasteiger partial charge in [0.2, 0.25) is 10.0 Å². The largest absolute Gasteiger partial charge is 0.315 e. The normalized spacial score (nSPS) is 19.6. The first-order chi connectivity index (χ1) is 7.99. The molecule has 0 aromatic heterocycles. The maximum absolute atomic E-state index is 12.1. The molecule has 18 heavy (non-hydrogen) atoms. The molecule has 1 saturated heterocycles. The fourth-order valence-electron chi connectivity index (χ4n) is 1.86. The third-order valence-corrected chi connectivity index (χ3v) is 4.76. The van der Waals surface area contributed by atoms with Gasteiger partial charge in [-0.15, -0.1) is 12.4 Å². The Labute approximate surface area is 119 Å². The smallest absolute Gasteiger partial charge is 0.242 e. The zero-order valence-electron chi connectivity index (χ0n) is 9.94. The number of nitrogens with one attached hydrogen (secondary N) is 2. The summed E-state index contributed by atoms with van der Waals surface area (Å²) >= 11 is 5.96. The van der Waals surface area contributed by atoms with E-state index in [4.69, 9.17) is 11.6 Å². The molecule has 1 aromatic rings. The van der Waals surface area contributed by atoms with Crippen molar-refractivity contribution in [1.82, 2.24) is 10.0 Å². The molecule has 4 nitrogen and oxygen atoms in total. The molecule has 2 N–H and O–H groups in total. The molecule has 0 amide bonds. The van der Waals surface area contributed by atoms with Crippen molar-refractivity contribution in [3.05, 3.63) is 28.8 Å². The first-order valence-electron chi connectivity index (χ1n) is 5.48. The minimum atomic E-state index is -3.51. The van der Waals surface area contributed by atoms with Crippen LogP contribution in [0.15, 0.2) is 23.1 Å². The first kappa shape index (κ1) is 15.7. The lowest BCUT2D eigenvalue weighted by Crippen LogP contribution is -2.36. The Balaban J connectivity index is 0.00000162. The third-order valence-electron chi connectivity index (χ3n) is 2.76. The lowest BCUT2D eigenvalue weighted by atomic mass is 10.2. The van der Waals surface area contributed by atoms with Crippen LogP contribution < -0.4 is 10.0 Å². The lowest BCUT2D eigenvalue weighted by Gasteiger charge is -2.13. The molecule has 0 saturated carbocycles. The van der Waals surface area contributed by atoms with Gasteiger partial charge in [-0.2, -0.15) is 0 Å². The van der Waals surface area contributed by atoms with Crippen molar-refractivity contribution in [2.24, 2.45) is 0 Å². The Bertz CT molecular complexity index is 514. The number of benzene rings is 1. The highest BCUT2D eigenvalue weighted by Crippen LogP contribution is 2.22. The lowest BCUT2D eigenvalue weighted by molar-refractivity contribution is 0.560. The van der Waals surface area contributed by atoms with E-state index in [0.29, 0.717) is 6.54 Å². The molecule has 2 rings (SSSR count). The van der Waals surface area contributed by atoms with Crippen molar-refractivity contribution in [2.75, 3.05) is 13.1 Å². The molecule has 7 heteroatoms. The van der Waals surface area contributed by atoms with Crippen LogP contribution in [-0.4, -0.2) is 27.5 Å². The average Bonchev–Trinajstić information content (AvgIpc) is 2.68. The SMILES string of the molecule is Cc1ccc(S(=O)(=O)NC2CCNC2)c(Cl)c1.Cl. The van der Waals surface area contributed by atoms with Gasteiger partial charge >= 0.3 is 0 Å². The topological polar surface area (TPSA) is 58.2 Å². The Morgan fingerprint density at radius 3 is 2.72 bits per heavy atom. The Morgan fingerprint density at radius 1 is 1.44 bits per heavy atom. The summed E-state index contributed by atoms with van der Waals surface area (Å²) in [5.41, 5.74) is 0.941. The predicted molar refractivity (Wildman–Crippen MR) is 75.0 cm³/mol. The zero-order chi connectivity index (χ0) is 12.5. The molecule has 1 fully saturated rings. The number of rotatable bonds is 3. The van der Waals surface area contributed by atoms with Crippen LogP contribution in [0, 0.1) is 6.92 Å². The number of halogens is 2. The van der Waals surface area contributed by atoms with Gasteiger partial charge in [0.1, 0.15) is 4.90 Å². The molecule has 1 aliphatic heterocycles. The summed E-state index contributed by atoms with van der Waals surface area (Å²) in [6, 6.07) is 4.90. The monoisotopic (exact) mass is 310 g/mol. The van der Waals surface area contributed by atoms with Crippen molar-refractivity contribution >= 4 is 34.0 Å². The van der Waals surface area contributed by atoms with Crippen LogP contribution in [0.2, 0.25) is 5.02 Å². The maximum Gasteiger partial charge on any atom is 0.242 e. The van der Waals surface area contributed by atoms with Gasteiger partial charge in [0.05, 0.1) is 5.02 Å². The van der Waals surface area contributed by atoms with Gasteiger partial charge in [0.15, 0.2) is 0 Å². The number of hydrogen-bond acceptors (Lipinski definition) is 3. The van der Waals surface area contributed by atoms with Crippen molar-refractivity contribution in [1.29, 1.82) is 0 Å². The molecule has 102 valence electrons. The van der Waals surface area contributed by atoms with Crippen LogP contribution in [0.1, 0.15) is 12.0 Å². The number of hydrogen-bond donors (Lipinski definition) is 2. The molecule has 0 bridgehead atoms. The van der Waals surface area contributed by atoms with Crippen molar-refractivity contribution < 1.29 is 8.42 Å². The summed E-state index contributed by atoms with van der Waals surface area (Å²) in [5.74, 6) is 0. The van der Waals surface area contributed by atoms with Crippen LogP contribution >= 0.6 is 24.0 Å². The van der Waals surface area contributed by atoms with Gasteiger partial charge in [0, 0.05) is 12.6 Å². The molecular formula is C11H16Cl2N2O2S. The molecule has 0 aliphatic carbocycles. The van der Waals surface area contributed by atoms with Gasteiger partial charge in [-0.1, -0.05) is 17.7 Å². The van der Waals surface area contributed by atoms with Gasteiger partial charge < -0.3 is 5.32 Å². The first-order valence-corrected chi connectivity index (χ1v) is 7.34. The second kappa shape index (κ2) is 6.21. The highest BCUT2D eigenvalue weighted by Gasteiger charge is 2.24. The van der Waals surface area contributed by atoms with E-state index in [1.165, 1.54) is 0 Å². The zero-order valence-corrected chi connectivity index (χ0v) is 12.3. The maximum atomic E-state index is 12.1. The van der Waals surface area contributed by atoms with E-state index in [0.717, 1.165) is 18.5 Å². The van der Waals surface area contributed by atoms with E-state index in [-0.39, 0.29) is 28.4 Å². The van der Waals surface area contributed by atoms with Gasteiger partial charge in [-0.25, -0.2) is 13.1 Å². The minimum absolute atomic E-state index is 0. The summed E-state index contributed by atoms with van der Waals surface area (Å²) in [6.45, 7) is 3.38. The van der Waals surface area contributed by atoms with Crippen molar-refractivity contribution in [3.8, 4) is 0 Å². The van der Waals surface area contributed by atoms with E-state index >= 15 is 0 Å². The molecule has 1 unspecified atom stereocenters. The van der Waals surface area contributed by atoms with E-state index < -0.39 is 10.0 Å². The second-order valence-corrected chi connectivity index (χ2v) is 6.33. The molecule has 1 heterocycles. The predicted octanol–water partition coefficient (Wildman–Crippen LogP) is 1.71. The van der Waals surface area contributed by atoms with Crippen LogP contribution in [0.4, 0.5) is 0 Å². The molecule has 1 aromatic carbocycles. The third kappa shape index (κ3) is 3.59. The summed E-state index contributed by atoms with van der Waals surface area (Å²) < 4.78 is 26.9. The highest BCUT2D eigenvalue weighted by atomic mass is 35.5. The minimum Gasteiger partial charge on any atom is -0.315 e. The van der Waals surface area contributed by atoms with E-state index in [9.17, 15) is 8.42 Å². The fraction of sp³-hybridized carbons (Fsp3) is 0.455. The molecule has 0 spiro atoms. The molecule has 1 atom stereocenters. The van der Waals surface area contributed by atoms with E-state index in [1.807, 2.05) is 6.92 Å². The Morgan fingerprint density at radius 2 is 2.17 bits per heavy atom. The van der Waals surface area contributed by atoms with E-state index in [1.54, 1.807) is 18.2 Å². The molecule has 1 aliphatic rings. The summed E-state index contributed by atoms with van der Waals surface area (Å²) in [7, 11) is -3.51. The van der Waals surface area contributed by atoms with Crippen molar-refractivity contribution in [3.63, 3.8) is 0 Å². The van der Waals surface area contributed by atoms with Gasteiger partial charge in [0.25, 0.3) is 0 Å². The Kier molecular flexibility index (Phi) is 5.43. The van der Waals surface area contributed by atoms with Crippen LogP contribution in [-0.2, 0) is 10.0 Å². The van der Waals surface area contributed by atoms with Gasteiger partial charge in [-0.05, 0) is 37.6 Å². The Hall–Kier alpha value is -0.330. The summed E-state index contributed by atoms with van der Waals surface area (Å²) in [6.07, 6.45) is 0.808. The number of aryl methyl sites for hydroxylation is 1. The van der Waals surface area contributed by atoms with Crippen LogP contribution in [0.5, 0.6) is 0 Å². The standard InChI is InChI=1S/C11H15ClN2O2S.ClH/c1-8-2-3-11(10(12)6-8)17(15,16)14-9-4-5-13-7-9;/h2-3,6,9,13-14H,4-5,7H2,1H3;1H. The van der Waals surface area contributed by atoms with Crippen LogP contribution in [0.3, 0.4) is 0 Å². The summed E-state index contributed by atoms with van der Waals surface area (Å²) in [5, 5.41) is 3.38. The van der Waals surface area contributed by atoms with Crippen molar-refractivity contribution in [2.45, 2.75) is 24.3 Å². The van der Waals surface area contributed by atoms with E-state index in [2.05, 4.69) is 10.0 Å². The quantitative estimate of drug-likeness (QED) is 0.893. The van der Waals surface area contributed by atoms with Gasteiger partial charge in [-0.3, -0.25) is 0 Å². The highest BCUT2D eigenvalue weighted by molar-refractivity contribution is 7.89. The average molecular weight is 311 g/mol. The number of sulfonamides is 1.